The van der Waals surface area contributed by atoms with Crippen LogP contribution >= 0.6 is 0 Å². The van der Waals surface area contributed by atoms with E-state index >= 15 is 0 Å². The maximum Gasteiger partial charge on any atom is 0.0650 e. The van der Waals surface area contributed by atoms with E-state index in [0.717, 1.165) is 17.4 Å². The van der Waals surface area contributed by atoms with Crippen molar-refractivity contribution >= 4 is 17.1 Å². The third kappa shape index (κ3) is 2.15. The molecule has 0 fully saturated rings. The van der Waals surface area contributed by atoms with Gasteiger partial charge in [0.25, 0.3) is 0 Å². The van der Waals surface area contributed by atoms with Gasteiger partial charge in [0.1, 0.15) is 0 Å². The number of hydrogen-bond acceptors (Lipinski definition) is 2. The molecule has 3 heteroatoms. The molecule has 1 N–H and O–H groups in total. The van der Waals surface area contributed by atoms with Crippen LogP contribution in [0.2, 0.25) is 0 Å². The summed E-state index contributed by atoms with van der Waals surface area (Å²) < 4.78 is 0. The predicted molar refractivity (Wildman–Crippen MR) is 73.8 cm³/mol. The second-order valence-corrected chi connectivity index (χ2v) is 4.13. The first-order valence-corrected chi connectivity index (χ1v) is 5.89. The summed E-state index contributed by atoms with van der Waals surface area (Å²) in [4.78, 5) is 4.13. The molecule has 0 unspecified atom stereocenters. The highest BCUT2D eigenvalue weighted by molar-refractivity contribution is 5.84. The normalized spacial score (nSPS) is 12.0. The van der Waals surface area contributed by atoms with Crippen LogP contribution in [0.5, 0.6) is 0 Å². The largest absolute Gasteiger partial charge is 0.288 e. The van der Waals surface area contributed by atoms with Crippen LogP contribution in [0, 0.1) is 0 Å². The summed E-state index contributed by atoms with van der Waals surface area (Å²) in [7, 11) is 0. The summed E-state index contributed by atoms with van der Waals surface area (Å²) in [5.74, 6) is 0. The van der Waals surface area contributed by atoms with Crippen LogP contribution in [-0.2, 0) is 6.54 Å². The maximum absolute atomic E-state index is 4.13. The van der Waals surface area contributed by atoms with E-state index in [2.05, 4.69) is 27.3 Å². The number of aromatic amines is 1. The quantitative estimate of drug-likeness (QED) is 0.638. The van der Waals surface area contributed by atoms with Crippen molar-refractivity contribution in [1.29, 1.82) is 0 Å². The van der Waals surface area contributed by atoms with Crippen LogP contribution < -0.4 is 0 Å². The first-order chi connectivity index (χ1) is 8.93. The van der Waals surface area contributed by atoms with Crippen LogP contribution in [-0.4, -0.2) is 16.4 Å². The van der Waals surface area contributed by atoms with Gasteiger partial charge in [-0.2, -0.15) is 5.10 Å². The van der Waals surface area contributed by atoms with E-state index in [1.54, 1.807) is 0 Å². The Bertz CT molecular complexity index is 653. The van der Waals surface area contributed by atoms with Crippen molar-refractivity contribution in [2.75, 3.05) is 0 Å². The molecule has 0 aliphatic carbocycles. The molecule has 0 saturated heterocycles. The van der Waals surface area contributed by atoms with Crippen LogP contribution in [0.15, 0.2) is 59.7 Å². The van der Waals surface area contributed by atoms with E-state index in [-0.39, 0.29) is 0 Å². The minimum absolute atomic E-state index is 0.871. The van der Waals surface area contributed by atoms with E-state index in [0.29, 0.717) is 0 Å². The average molecular weight is 235 g/mol. The lowest BCUT2D eigenvalue weighted by Crippen LogP contribution is -1.79. The number of aromatic nitrogens is 2. The maximum atomic E-state index is 4.13. The molecule has 0 spiro atoms. The molecule has 3 aromatic rings. The van der Waals surface area contributed by atoms with Crippen LogP contribution in [0.1, 0.15) is 11.1 Å². The number of benzene rings is 2. The first-order valence-electron chi connectivity index (χ1n) is 5.89. The second-order valence-electron chi connectivity index (χ2n) is 4.13. The Balaban J connectivity index is 0.000000111. The third-order valence-electron chi connectivity index (χ3n) is 2.90. The van der Waals surface area contributed by atoms with E-state index in [4.69, 9.17) is 0 Å². The highest BCUT2D eigenvalue weighted by Gasteiger charge is 2.01. The third-order valence-corrected chi connectivity index (χ3v) is 2.90. The molecule has 0 radical (unpaired) electrons. The van der Waals surface area contributed by atoms with Crippen molar-refractivity contribution in [1.82, 2.24) is 10.2 Å². The Morgan fingerprint density at radius 3 is 2.67 bits per heavy atom. The Kier molecular flexibility index (Phi) is 2.88. The smallest absolute Gasteiger partial charge is 0.0650 e. The summed E-state index contributed by atoms with van der Waals surface area (Å²) in [6, 6.07) is 16.3. The molecule has 18 heavy (non-hydrogen) atoms. The lowest BCUT2D eigenvalue weighted by atomic mass is 10.1. The molecule has 0 bridgehead atoms. The highest BCUT2D eigenvalue weighted by atomic mass is 15.1. The Hall–Kier alpha value is -2.42. The molecule has 0 saturated carbocycles. The van der Waals surface area contributed by atoms with Crippen LogP contribution in [0.3, 0.4) is 0 Å². The minimum atomic E-state index is 0.871. The number of aliphatic imine (C=N–C) groups is 1. The zero-order chi connectivity index (χ0) is 12.2. The van der Waals surface area contributed by atoms with Gasteiger partial charge in [-0.25, -0.2) is 0 Å². The van der Waals surface area contributed by atoms with Gasteiger partial charge < -0.3 is 0 Å². The monoisotopic (exact) mass is 235 g/mol. The van der Waals surface area contributed by atoms with E-state index in [1.165, 1.54) is 11.1 Å². The Morgan fingerprint density at radius 2 is 1.78 bits per heavy atom. The number of fused-ring (bicyclic) bond motifs is 2. The average Bonchev–Trinajstić information content (AvgIpc) is 3.08. The molecule has 2 aromatic carbocycles. The van der Waals surface area contributed by atoms with E-state index < -0.39 is 0 Å². The Morgan fingerprint density at radius 1 is 0.944 bits per heavy atom. The van der Waals surface area contributed by atoms with Gasteiger partial charge in [0, 0.05) is 11.6 Å². The van der Waals surface area contributed by atoms with Gasteiger partial charge in [-0.15, -0.1) is 0 Å². The molecule has 0 atom stereocenters. The molecule has 3 nitrogen and oxygen atoms in total. The summed E-state index contributed by atoms with van der Waals surface area (Å²) in [5.41, 5.74) is 3.72. The van der Waals surface area contributed by atoms with Gasteiger partial charge in [-0.05, 0) is 17.2 Å². The second kappa shape index (κ2) is 4.84. The van der Waals surface area contributed by atoms with Gasteiger partial charge in [-0.3, -0.25) is 10.1 Å². The summed E-state index contributed by atoms with van der Waals surface area (Å²) in [5, 5.41) is 7.91. The SMILES string of the molecule is C1=NCc2ccccc21.c1ccc2[nH]ncc2c1. The zero-order valence-corrected chi connectivity index (χ0v) is 9.88. The molecule has 1 aromatic heterocycles. The topological polar surface area (TPSA) is 41.0 Å². The van der Waals surface area contributed by atoms with Crippen molar-refractivity contribution in [2.24, 2.45) is 4.99 Å². The van der Waals surface area contributed by atoms with Crippen molar-refractivity contribution in [3.63, 3.8) is 0 Å². The standard InChI is InChI=1S/C8H7N.C7H6N2/c1-2-4-8-6-9-5-7(8)3-1;1-2-4-7-6(3-1)5-8-9-7/h1-5H,6H2;1-5H,(H,8,9). The molecule has 2 heterocycles. The summed E-state index contributed by atoms with van der Waals surface area (Å²) in [6.07, 6.45) is 3.74. The molecule has 1 aliphatic heterocycles. The molecule has 4 rings (SSSR count). The van der Waals surface area contributed by atoms with Crippen molar-refractivity contribution in [2.45, 2.75) is 6.54 Å². The number of H-pyrrole nitrogens is 1. The van der Waals surface area contributed by atoms with Gasteiger partial charge in [0.2, 0.25) is 0 Å². The van der Waals surface area contributed by atoms with Crippen molar-refractivity contribution in [3.8, 4) is 0 Å². The van der Waals surface area contributed by atoms with Crippen LogP contribution in [0.25, 0.3) is 10.9 Å². The number of nitrogens with one attached hydrogen (secondary N) is 1. The molecule has 1 aliphatic rings. The summed E-state index contributed by atoms with van der Waals surface area (Å²) in [6.45, 7) is 0.871. The lowest BCUT2D eigenvalue weighted by molar-refractivity contribution is 1.11. The molecular formula is C15H13N3. The van der Waals surface area contributed by atoms with Gasteiger partial charge in [0.05, 0.1) is 18.3 Å². The minimum Gasteiger partial charge on any atom is -0.288 e. The van der Waals surface area contributed by atoms with Crippen LogP contribution in [0.4, 0.5) is 0 Å². The number of para-hydroxylation sites is 1. The zero-order valence-electron chi connectivity index (χ0n) is 9.88. The fourth-order valence-corrected chi connectivity index (χ4v) is 1.93. The Labute approximate surface area is 105 Å². The fraction of sp³-hybridized carbons (Fsp3) is 0.0667. The van der Waals surface area contributed by atoms with Gasteiger partial charge in [-0.1, -0.05) is 42.5 Å². The number of nitrogens with zero attached hydrogens (tertiary/aromatic N) is 2. The predicted octanol–water partition coefficient (Wildman–Crippen LogP) is 3.18. The first kappa shape index (κ1) is 10.7. The molecule has 0 amide bonds. The van der Waals surface area contributed by atoms with Gasteiger partial charge in [0.15, 0.2) is 0 Å². The molecular weight excluding hydrogens is 222 g/mol. The number of rotatable bonds is 0. The number of hydrogen-bond donors (Lipinski definition) is 1. The highest BCUT2D eigenvalue weighted by Crippen LogP contribution is 2.12. The lowest BCUT2D eigenvalue weighted by Gasteiger charge is -1.91. The van der Waals surface area contributed by atoms with E-state index in [9.17, 15) is 0 Å². The fourth-order valence-electron chi connectivity index (χ4n) is 1.93. The summed E-state index contributed by atoms with van der Waals surface area (Å²) >= 11 is 0. The molecule has 88 valence electrons. The van der Waals surface area contributed by atoms with Crippen molar-refractivity contribution in [3.05, 3.63) is 65.9 Å². The van der Waals surface area contributed by atoms with E-state index in [1.807, 2.05) is 48.8 Å². The van der Waals surface area contributed by atoms with Crippen molar-refractivity contribution < 1.29 is 0 Å². The van der Waals surface area contributed by atoms with Gasteiger partial charge >= 0.3 is 0 Å².